The first-order chi connectivity index (χ1) is 13.1. The molecule has 0 aliphatic carbocycles. The van der Waals surface area contributed by atoms with Crippen molar-refractivity contribution in [2.45, 2.75) is 45.8 Å². The summed E-state index contributed by atoms with van der Waals surface area (Å²) in [6.07, 6.45) is 1.84. The van der Waals surface area contributed by atoms with E-state index < -0.39 is 24.2 Å². The number of hydrogen-bond donors (Lipinski definition) is 3. The van der Waals surface area contributed by atoms with Crippen LogP contribution in [0.1, 0.15) is 40.2 Å². The summed E-state index contributed by atoms with van der Waals surface area (Å²) in [4.78, 5) is 22.8. The van der Waals surface area contributed by atoms with E-state index in [-0.39, 0.29) is 19.1 Å². The average molecular weight is 389 g/mol. The SMILES string of the molecule is CC(=O)NCC(=Cc1ccccc1OCC(=O)NN)B1OC(C)(C)C(C)(C)O1. The van der Waals surface area contributed by atoms with Gasteiger partial charge in [-0.15, -0.1) is 0 Å². The molecular formula is C19H28BN3O5. The van der Waals surface area contributed by atoms with Crippen molar-refractivity contribution < 1.29 is 23.6 Å². The number of ether oxygens (including phenoxy) is 1. The maximum atomic E-state index is 11.4. The van der Waals surface area contributed by atoms with Gasteiger partial charge in [-0.3, -0.25) is 15.0 Å². The Hall–Kier alpha value is -2.36. The van der Waals surface area contributed by atoms with E-state index in [0.717, 1.165) is 11.0 Å². The summed E-state index contributed by atoms with van der Waals surface area (Å²) in [7, 11) is -0.628. The molecule has 0 aromatic heterocycles. The van der Waals surface area contributed by atoms with Gasteiger partial charge in [-0.1, -0.05) is 24.3 Å². The van der Waals surface area contributed by atoms with E-state index in [2.05, 4.69) is 5.32 Å². The highest BCUT2D eigenvalue weighted by Gasteiger charge is 2.52. The van der Waals surface area contributed by atoms with E-state index in [1.165, 1.54) is 6.92 Å². The van der Waals surface area contributed by atoms with Gasteiger partial charge in [0.25, 0.3) is 5.91 Å². The topological polar surface area (TPSA) is 112 Å². The molecule has 1 saturated heterocycles. The van der Waals surface area contributed by atoms with Crippen LogP contribution in [-0.4, -0.2) is 43.3 Å². The zero-order valence-electron chi connectivity index (χ0n) is 17.0. The first-order valence-electron chi connectivity index (χ1n) is 9.07. The normalized spacial score (nSPS) is 17.9. The Balaban J connectivity index is 2.33. The lowest BCUT2D eigenvalue weighted by Gasteiger charge is -2.32. The lowest BCUT2D eigenvalue weighted by molar-refractivity contribution is -0.123. The van der Waals surface area contributed by atoms with Crippen LogP contribution in [0.5, 0.6) is 5.75 Å². The summed E-state index contributed by atoms with van der Waals surface area (Å²) in [6.45, 7) is 9.35. The van der Waals surface area contributed by atoms with Crippen LogP contribution in [0.25, 0.3) is 6.08 Å². The van der Waals surface area contributed by atoms with E-state index in [1.807, 2.05) is 51.3 Å². The standard InChI is InChI=1S/C19H28BN3O5/c1-13(24)22-11-15(20-27-18(2,3)19(4,5)28-20)10-14-8-6-7-9-16(14)26-12-17(25)23-21/h6-10H,11-12,21H2,1-5H3,(H,22,24)(H,23,25). The minimum Gasteiger partial charge on any atom is -0.483 e. The lowest BCUT2D eigenvalue weighted by Crippen LogP contribution is -2.41. The van der Waals surface area contributed by atoms with Gasteiger partial charge in [-0.05, 0) is 39.2 Å². The van der Waals surface area contributed by atoms with Gasteiger partial charge in [0.2, 0.25) is 5.91 Å². The zero-order chi connectivity index (χ0) is 20.9. The molecule has 28 heavy (non-hydrogen) atoms. The Morgan fingerprint density at radius 3 is 2.36 bits per heavy atom. The quantitative estimate of drug-likeness (QED) is 0.280. The molecule has 8 nitrogen and oxygen atoms in total. The molecule has 1 heterocycles. The second-order valence-corrected chi connectivity index (χ2v) is 7.61. The highest BCUT2D eigenvalue weighted by molar-refractivity contribution is 6.56. The Kier molecular flexibility index (Phi) is 6.87. The zero-order valence-corrected chi connectivity index (χ0v) is 17.0. The summed E-state index contributed by atoms with van der Waals surface area (Å²) >= 11 is 0. The molecule has 0 bridgehead atoms. The number of benzene rings is 1. The van der Waals surface area contributed by atoms with Gasteiger partial charge >= 0.3 is 7.12 Å². The van der Waals surface area contributed by atoms with E-state index >= 15 is 0 Å². The van der Waals surface area contributed by atoms with Crippen LogP contribution in [-0.2, 0) is 18.9 Å². The van der Waals surface area contributed by atoms with Crippen LogP contribution in [0, 0.1) is 0 Å². The summed E-state index contributed by atoms with van der Waals surface area (Å²) in [5.41, 5.74) is 2.46. The number of para-hydroxylation sites is 1. The Bertz CT molecular complexity index is 748. The highest BCUT2D eigenvalue weighted by Crippen LogP contribution is 2.39. The van der Waals surface area contributed by atoms with Gasteiger partial charge in [0.1, 0.15) is 5.75 Å². The predicted octanol–water partition coefficient (Wildman–Crippen LogP) is 1.21. The number of rotatable bonds is 7. The van der Waals surface area contributed by atoms with Gasteiger partial charge < -0.3 is 19.4 Å². The van der Waals surface area contributed by atoms with Crippen molar-refractivity contribution >= 4 is 25.0 Å². The number of amides is 2. The molecule has 4 N–H and O–H groups in total. The van der Waals surface area contributed by atoms with Crippen molar-refractivity contribution in [3.8, 4) is 5.75 Å². The smallest absolute Gasteiger partial charge is 0.483 e. The summed E-state index contributed by atoms with van der Waals surface area (Å²) in [5.74, 6) is 4.99. The van der Waals surface area contributed by atoms with Crippen LogP contribution in [0.2, 0.25) is 0 Å². The molecule has 0 saturated carbocycles. The van der Waals surface area contributed by atoms with Crippen LogP contribution < -0.4 is 21.3 Å². The molecule has 1 aromatic carbocycles. The summed E-state index contributed by atoms with van der Waals surface area (Å²) in [6, 6.07) is 7.24. The molecule has 1 aliphatic heterocycles. The van der Waals surface area contributed by atoms with Gasteiger partial charge in [0.15, 0.2) is 6.61 Å². The molecule has 0 radical (unpaired) electrons. The number of carbonyl (C=O) groups excluding carboxylic acids is 2. The van der Waals surface area contributed by atoms with Crippen molar-refractivity contribution in [2.24, 2.45) is 5.84 Å². The number of hydrogen-bond acceptors (Lipinski definition) is 6. The Morgan fingerprint density at radius 1 is 1.18 bits per heavy atom. The molecule has 1 aromatic rings. The van der Waals surface area contributed by atoms with Crippen LogP contribution in [0.4, 0.5) is 0 Å². The van der Waals surface area contributed by atoms with Crippen molar-refractivity contribution in [3.05, 3.63) is 35.3 Å². The second-order valence-electron chi connectivity index (χ2n) is 7.61. The third-order valence-electron chi connectivity index (χ3n) is 4.88. The fourth-order valence-electron chi connectivity index (χ4n) is 2.54. The maximum Gasteiger partial charge on any atom is 0.492 e. The molecule has 2 amide bonds. The lowest BCUT2D eigenvalue weighted by atomic mass is 9.77. The molecule has 0 spiro atoms. The molecule has 1 fully saturated rings. The summed E-state index contributed by atoms with van der Waals surface area (Å²) < 4.78 is 17.8. The molecule has 1 aliphatic rings. The molecule has 0 unspecified atom stereocenters. The predicted molar refractivity (Wildman–Crippen MR) is 107 cm³/mol. The van der Waals surface area contributed by atoms with Crippen molar-refractivity contribution in [1.82, 2.24) is 10.7 Å². The molecule has 0 atom stereocenters. The van der Waals surface area contributed by atoms with Crippen molar-refractivity contribution in [2.75, 3.05) is 13.2 Å². The van der Waals surface area contributed by atoms with E-state index in [4.69, 9.17) is 19.9 Å². The highest BCUT2D eigenvalue weighted by atomic mass is 16.7. The Labute approximate surface area is 165 Å². The van der Waals surface area contributed by atoms with E-state index in [9.17, 15) is 9.59 Å². The second kappa shape index (κ2) is 8.77. The Morgan fingerprint density at radius 2 is 1.79 bits per heavy atom. The fourth-order valence-corrected chi connectivity index (χ4v) is 2.54. The number of hydrazine groups is 1. The van der Waals surface area contributed by atoms with Crippen LogP contribution in [0.15, 0.2) is 29.7 Å². The third kappa shape index (κ3) is 5.34. The molecule has 2 rings (SSSR count). The van der Waals surface area contributed by atoms with Gasteiger partial charge in [-0.25, -0.2) is 5.84 Å². The number of nitrogens with one attached hydrogen (secondary N) is 2. The fraction of sp³-hybridized carbons (Fsp3) is 0.474. The molecular weight excluding hydrogens is 361 g/mol. The summed E-state index contributed by atoms with van der Waals surface area (Å²) in [5, 5.41) is 2.79. The van der Waals surface area contributed by atoms with Crippen molar-refractivity contribution in [3.63, 3.8) is 0 Å². The number of nitrogens with two attached hydrogens (primary N) is 1. The maximum absolute atomic E-state index is 11.4. The first kappa shape index (κ1) is 21.9. The monoisotopic (exact) mass is 389 g/mol. The van der Waals surface area contributed by atoms with Crippen LogP contribution >= 0.6 is 0 Å². The van der Waals surface area contributed by atoms with Gasteiger partial charge in [0, 0.05) is 19.0 Å². The van der Waals surface area contributed by atoms with Gasteiger partial charge in [-0.2, -0.15) is 0 Å². The van der Waals surface area contributed by atoms with Crippen molar-refractivity contribution in [1.29, 1.82) is 0 Å². The van der Waals surface area contributed by atoms with E-state index in [1.54, 1.807) is 12.1 Å². The third-order valence-corrected chi connectivity index (χ3v) is 4.88. The molecule has 152 valence electrons. The number of carbonyl (C=O) groups is 2. The minimum atomic E-state index is -0.628. The van der Waals surface area contributed by atoms with Crippen LogP contribution in [0.3, 0.4) is 0 Å². The average Bonchev–Trinajstić information content (AvgIpc) is 2.84. The largest absolute Gasteiger partial charge is 0.492 e. The van der Waals surface area contributed by atoms with Gasteiger partial charge in [0.05, 0.1) is 11.2 Å². The minimum absolute atomic E-state index is 0.161. The first-order valence-corrected chi connectivity index (χ1v) is 9.07. The molecule has 9 heteroatoms. The van der Waals surface area contributed by atoms with E-state index in [0.29, 0.717) is 5.75 Å².